The van der Waals surface area contributed by atoms with Gasteiger partial charge in [-0.3, -0.25) is 9.59 Å². The molecule has 0 atom stereocenters. The van der Waals surface area contributed by atoms with Crippen LogP contribution in [0.1, 0.15) is 13.3 Å². The van der Waals surface area contributed by atoms with Crippen LogP contribution in [0, 0.1) is 0 Å². The second-order valence-electron chi connectivity index (χ2n) is 3.84. The van der Waals surface area contributed by atoms with Crippen LogP contribution in [0.25, 0.3) is 0 Å². The SMILES string of the molecule is CC1=NN(C(=O)CSc2cc(Cl)c(Cl)cn2)C(=O)C1. The predicted molar refractivity (Wildman–Crippen MR) is 74.6 cm³/mol. The number of nitrogens with zero attached hydrogens (tertiary/aromatic N) is 3. The Morgan fingerprint density at radius 3 is 2.79 bits per heavy atom. The van der Waals surface area contributed by atoms with Gasteiger partial charge in [0.25, 0.3) is 11.8 Å². The summed E-state index contributed by atoms with van der Waals surface area (Å²) < 4.78 is 0. The average molecular weight is 318 g/mol. The van der Waals surface area contributed by atoms with Gasteiger partial charge in [0.15, 0.2) is 0 Å². The lowest BCUT2D eigenvalue weighted by molar-refractivity contribution is -0.141. The molecule has 0 saturated heterocycles. The van der Waals surface area contributed by atoms with Crippen LogP contribution in [-0.2, 0) is 9.59 Å². The van der Waals surface area contributed by atoms with Crippen LogP contribution in [0.4, 0.5) is 0 Å². The Kier molecular flexibility index (Phi) is 4.44. The summed E-state index contributed by atoms with van der Waals surface area (Å²) in [5.74, 6) is -0.613. The van der Waals surface area contributed by atoms with Gasteiger partial charge in [0.2, 0.25) is 0 Å². The van der Waals surface area contributed by atoms with Crippen LogP contribution in [0.5, 0.6) is 0 Å². The molecule has 2 heterocycles. The zero-order chi connectivity index (χ0) is 14.0. The molecule has 0 N–H and O–H groups in total. The first-order chi connectivity index (χ1) is 8.97. The highest BCUT2D eigenvalue weighted by Crippen LogP contribution is 2.26. The minimum absolute atomic E-state index is 0.0630. The Morgan fingerprint density at radius 2 is 2.21 bits per heavy atom. The van der Waals surface area contributed by atoms with E-state index in [9.17, 15) is 9.59 Å². The first kappa shape index (κ1) is 14.3. The lowest BCUT2D eigenvalue weighted by Gasteiger charge is -2.09. The van der Waals surface area contributed by atoms with Crippen LogP contribution in [0.3, 0.4) is 0 Å². The number of imide groups is 1. The molecule has 0 aliphatic carbocycles. The number of rotatable bonds is 3. The molecule has 0 saturated carbocycles. The monoisotopic (exact) mass is 317 g/mol. The van der Waals surface area contributed by atoms with Gasteiger partial charge < -0.3 is 0 Å². The van der Waals surface area contributed by atoms with Crippen molar-refractivity contribution in [3.8, 4) is 0 Å². The van der Waals surface area contributed by atoms with E-state index in [1.807, 2.05) is 0 Å². The Morgan fingerprint density at radius 1 is 1.47 bits per heavy atom. The topological polar surface area (TPSA) is 62.6 Å². The van der Waals surface area contributed by atoms with Crippen molar-refractivity contribution in [2.45, 2.75) is 18.4 Å². The summed E-state index contributed by atoms with van der Waals surface area (Å²) in [6.45, 7) is 1.71. The molecule has 2 rings (SSSR count). The largest absolute Gasteiger partial charge is 0.272 e. The highest BCUT2D eigenvalue weighted by Gasteiger charge is 2.27. The molecule has 0 fully saturated rings. The van der Waals surface area contributed by atoms with E-state index in [1.54, 1.807) is 13.0 Å². The molecule has 0 aromatic carbocycles. The lowest BCUT2D eigenvalue weighted by Crippen LogP contribution is -2.29. The summed E-state index contributed by atoms with van der Waals surface area (Å²) in [4.78, 5) is 27.3. The smallest absolute Gasteiger partial charge is 0.260 e. The number of hydrogen-bond acceptors (Lipinski definition) is 5. The van der Waals surface area contributed by atoms with E-state index >= 15 is 0 Å². The molecule has 1 aromatic heterocycles. The molecular weight excluding hydrogens is 309 g/mol. The molecule has 1 aromatic rings. The number of pyridine rings is 1. The molecular formula is C11H9Cl2N3O2S. The molecule has 0 bridgehead atoms. The number of hydrogen-bond donors (Lipinski definition) is 0. The minimum atomic E-state index is -0.375. The number of carbonyl (C=O) groups is 2. The van der Waals surface area contributed by atoms with Crippen molar-refractivity contribution < 1.29 is 9.59 Å². The summed E-state index contributed by atoms with van der Waals surface area (Å²) in [5, 5.41) is 6.08. The fraction of sp³-hybridized carbons (Fsp3) is 0.273. The quantitative estimate of drug-likeness (QED) is 0.804. The van der Waals surface area contributed by atoms with Crippen LogP contribution < -0.4 is 0 Å². The zero-order valence-corrected chi connectivity index (χ0v) is 12.2. The van der Waals surface area contributed by atoms with Gasteiger partial charge in [-0.2, -0.15) is 10.1 Å². The molecule has 0 spiro atoms. The van der Waals surface area contributed by atoms with Crippen LogP contribution in [-0.4, -0.2) is 33.3 Å². The van der Waals surface area contributed by atoms with Crippen LogP contribution >= 0.6 is 35.0 Å². The van der Waals surface area contributed by atoms with E-state index in [1.165, 1.54) is 18.0 Å². The Balaban J connectivity index is 1.97. The van der Waals surface area contributed by atoms with E-state index in [0.717, 1.165) is 5.01 Å². The number of hydrazone groups is 1. The first-order valence-electron chi connectivity index (χ1n) is 5.31. The summed E-state index contributed by atoms with van der Waals surface area (Å²) in [6, 6.07) is 1.57. The van der Waals surface area contributed by atoms with Crippen LogP contribution in [0.2, 0.25) is 10.0 Å². The first-order valence-corrected chi connectivity index (χ1v) is 7.05. The van der Waals surface area contributed by atoms with Crippen molar-refractivity contribution in [2.24, 2.45) is 5.10 Å². The van der Waals surface area contributed by atoms with E-state index in [2.05, 4.69) is 10.1 Å². The zero-order valence-electron chi connectivity index (χ0n) is 9.89. The lowest BCUT2D eigenvalue weighted by atomic mass is 10.3. The number of aromatic nitrogens is 1. The van der Waals surface area contributed by atoms with Crippen LogP contribution in [0.15, 0.2) is 22.4 Å². The van der Waals surface area contributed by atoms with Crippen molar-refractivity contribution in [1.82, 2.24) is 9.99 Å². The Labute approximate surface area is 124 Å². The van der Waals surface area contributed by atoms with Gasteiger partial charge in [-0.15, -0.1) is 0 Å². The summed E-state index contributed by atoms with van der Waals surface area (Å²) >= 11 is 12.8. The van der Waals surface area contributed by atoms with Gasteiger partial charge >= 0.3 is 0 Å². The summed E-state index contributed by atoms with van der Waals surface area (Å²) in [6.07, 6.45) is 1.61. The second kappa shape index (κ2) is 5.90. The van der Waals surface area contributed by atoms with Crippen molar-refractivity contribution in [2.75, 3.05) is 5.75 Å². The standard InChI is InChI=1S/C11H9Cl2N3O2S/c1-6-2-10(17)16(15-6)11(18)5-19-9-3-7(12)8(13)4-14-9/h3-4H,2,5H2,1H3. The van der Waals surface area contributed by atoms with E-state index in [0.29, 0.717) is 20.8 Å². The number of thioether (sulfide) groups is 1. The van der Waals surface area contributed by atoms with Gasteiger partial charge in [-0.1, -0.05) is 35.0 Å². The molecule has 19 heavy (non-hydrogen) atoms. The summed E-state index contributed by atoms with van der Waals surface area (Å²) in [7, 11) is 0. The highest BCUT2D eigenvalue weighted by atomic mass is 35.5. The average Bonchev–Trinajstić information content (AvgIpc) is 2.70. The summed E-state index contributed by atoms with van der Waals surface area (Å²) in [5.41, 5.74) is 0.635. The molecule has 5 nitrogen and oxygen atoms in total. The van der Waals surface area contributed by atoms with Gasteiger partial charge in [-0.25, -0.2) is 4.98 Å². The highest BCUT2D eigenvalue weighted by molar-refractivity contribution is 7.99. The number of amides is 2. The molecule has 1 aliphatic heterocycles. The second-order valence-corrected chi connectivity index (χ2v) is 5.65. The maximum absolute atomic E-state index is 11.8. The molecule has 0 radical (unpaired) electrons. The van der Waals surface area contributed by atoms with Gasteiger partial charge in [-0.05, 0) is 13.0 Å². The third-order valence-electron chi connectivity index (χ3n) is 2.28. The van der Waals surface area contributed by atoms with Gasteiger partial charge in [0.1, 0.15) is 0 Å². The van der Waals surface area contributed by atoms with Gasteiger partial charge in [0, 0.05) is 11.9 Å². The Hall–Kier alpha value is -1.11. The molecule has 100 valence electrons. The molecule has 8 heteroatoms. The normalized spacial score (nSPS) is 14.8. The van der Waals surface area contributed by atoms with Crippen molar-refractivity contribution in [3.63, 3.8) is 0 Å². The number of halogens is 2. The van der Waals surface area contributed by atoms with E-state index in [-0.39, 0.29) is 24.0 Å². The van der Waals surface area contributed by atoms with Gasteiger partial charge in [0.05, 0.1) is 27.2 Å². The fourth-order valence-electron chi connectivity index (χ4n) is 1.42. The van der Waals surface area contributed by atoms with Crippen molar-refractivity contribution in [1.29, 1.82) is 0 Å². The molecule has 2 amide bonds. The Bertz CT molecular complexity index is 577. The predicted octanol–water partition coefficient (Wildman–Crippen LogP) is 2.62. The third kappa shape index (κ3) is 3.46. The van der Waals surface area contributed by atoms with E-state index < -0.39 is 0 Å². The van der Waals surface area contributed by atoms with E-state index in [4.69, 9.17) is 23.2 Å². The van der Waals surface area contributed by atoms with Crippen molar-refractivity contribution >= 4 is 52.5 Å². The third-order valence-corrected chi connectivity index (χ3v) is 3.90. The van der Waals surface area contributed by atoms with Crippen molar-refractivity contribution in [3.05, 3.63) is 22.3 Å². The fourth-order valence-corrected chi connectivity index (χ4v) is 2.47. The number of carbonyl (C=O) groups excluding carboxylic acids is 2. The molecule has 0 unspecified atom stereocenters. The minimum Gasteiger partial charge on any atom is -0.272 e. The molecule has 1 aliphatic rings. The maximum Gasteiger partial charge on any atom is 0.260 e. The maximum atomic E-state index is 11.8.